The smallest absolute Gasteiger partial charge is 0.264 e. The maximum Gasteiger partial charge on any atom is 0.264 e. The lowest BCUT2D eigenvalue weighted by atomic mass is 10.1. The molecule has 0 spiro atoms. The number of amides is 1. The molecule has 5 nitrogen and oxygen atoms in total. The number of unbranched alkanes of at least 4 members (excludes halogenated alkanes) is 1. The molecule has 1 amide bonds. The summed E-state index contributed by atoms with van der Waals surface area (Å²) >= 11 is 6.27. The fourth-order valence-electron chi connectivity index (χ4n) is 3.36. The minimum absolute atomic E-state index is 0.109. The molecule has 0 heterocycles. The number of carbonyl (C=O) groups excluding carboxylic acids is 1. The Hall–Kier alpha value is -2.83. The zero-order valence-electron chi connectivity index (χ0n) is 19.1. The summed E-state index contributed by atoms with van der Waals surface area (Å²) < 4.78 is 28.0. The maximum absolute atomic E-state index is 13.5. The number of halogens is 1. The van der Waals surface area contributed by atoms with Crippen LogP contribution in [0.3, 0.4) is 0 Å². The predicted octanol–water partition coefficient (Wildman–Crippen LogP) is 6.13. The van der Waals surface area contributed by atoms with Crippen molar-refractivity contribution in [3.8, 4) is 0 Å². The fraction of sp³-hybridized carbons (Fsp3) is 0.269. The van der Waals surface area contributed by atoms with E-state index in [0.29, 0.717) is 16.4 Å². The van der Waals surface area contributed by atoms with E-state index in [2.05, 4.69) is 12.2 Å². The van der Waals surface area contributed by atoms with Crippen molar-refractivity contribution in [2.75, 3.05) is 16.2 Å². The van der Waals surface area contributed by atoms with Crippen molar-refractivity contribution >= 4 is 38.9 Å². The first-order chi connectivity index (χ1) is 15.7. The first-order valence-electron chi connectivity index (χ1n) is 10.9. The Bertz CT molecular complexity index is 1210. The Morgan fingerprint density at radius 1 is 0.970 bits per heavy atom. The number of aryl methyl sites for hydroxylation is 3. The highest BCUT2D eigenvalue weighted by Crippen LogP contribution is 2.28. The Morgan fingerprint density at radius 3 is 2.24 bits per heavy atom. The van der Waals surface area contributed by atoms with E-state index in [1.807, 2.05) is 38.1 Å². The maximum atomic E-state index is 13.5. The quantitative estimate of drug-likeness (QED) is 0.397. The molecule has 0 aliphatic carbocycles. The molecule has 3 aromatic rings. The molecule has 0 aromatic heterocycles. The van der Waals surface area contributed by atoms with Gasteiger partial charge in [-0.05, 0) is 74.2 Å². The van der Waals surface area contributed by atoms with E-state index in [4.69, 9.17) is 11.6 Å². The molecule has 0 bridgehead atoms. The topological polar surface area (TPSA) is 66.5 Å². The van der Waals surface area contributed by atoms with Gasteiger partial charge in [0, 0.05) is 10.7 Å². The molecular weight excluding hydrogens is 456 g/mol. The summed E-state index contributed by atoms with van der Waals surface area (Å²) in [6.07, 6.45) is 3.21. The number of carbonyl (C=O) groups is 1. The Kier molecular flexibility index (Phi) is 8.16. The lowest BCUT2D eigenvalue weighted by molar-refractivity contribution is -0.114. The minimum Gasteiger partial charge on any atom is -0.325 e. The van der Waals surface area contributed by atoms with E-state index in [1.165, 1.54) is 5.56 Å². The molecule has 174 valence electrons. The van der Waals surface area contributed by atoms with E-state index in [-0.39, 0.29) is 11.4 Å². The molecule has 33 heavy (non-hydrogen) atoms. The van der Waals surface area contributed by atoms with E-state index < -0.39 is 15.9 Å². The minimum atomic E-state index is -3.99. The first-order valence-corrected chi connectivity index (χ1v) is 12.8. The second-order valence-corrected chi connectivity index (χ2v) is 10.4. The van der Waals surface area contributed by atoms with Crippen LogP contribution in [0.2, 0.25) is 5.02 Å². The van der Waals surface area contributed by atoms with Gasteiger partial charge in [0.25, 0.3) is 10.0 Å². The zero-order chi connectivity index (χ0) is 24.0. The average Bonchev–Trinajstić information content (AvgIpc) is 2.79. The zero-order valence-corrected chi connectivity index (χ0v) is 20.7. The fourth-order valence-corrected chi connectivity index (χ4v) is 4.94. The van der Waals surface area contributed by atoms with Crippen LogP contribution in [-0.2, 0) is 21.2 Å². The molecule has 0 aliphatic rings. The van der Waals surface area contributed by atoms with Gasteiger partial charge in [0.1, 0.15) is 6.54 Å². The summed E-state index contributed by atoms with van der Waals surface area (Å²) in [5.74, 6) is -0.441. The summed E-state index contributed by atoms with van der Waals surface area (Å²) in [5, 5.41) is 3.24. The molecule has 0 unspecified atom stereocenters. The van der Waals surface area contributed by atoms with Crippen LogP contribution in [-0.4, -0.2) is 20.9 Å². The molecular formula is C26H29ClN2O3S. The van der Waals surface area contributed by atoms with Crippen molar-refractivity contribution < 1.29 is 13.2 Å². The first kappa shape index (κ1) is 24.8. The van der Waals surface area contributed by atoms with Gasteiger partial charge < -0.3 is 5.32 Å². The third-order valence-electron chi connectivity index (χ3n) is 5.40. The van der Waals surface area contributed by atoms with Crippen LogP contribution in [0.25, 0.3) is 0 Å². The van der Waals surface area contributed by atoms with Gasteiger partial charge >= 0.3 is 0 Å². The monoisotopic (exact) mass is 484 g/mol. The number of rotatable bonds is 9. The number of nitrogens with zero attached hydrogens (tertiary/aromatic N) is 1. The van der Waals surface area contributed by atoms with Crippen LogP contribution in [0.15, 0.2) is 71.6 Å². The van der Waals surface area contributed by atoms with Crippen molar-refractivity contribution in [1.29, 1.82) is 0 Å². The van der Waals surface area contributed by atoms with Gasteiger partial charge in [0.2, 0.25) is 5.91 Å². The van der Waals surface area contributed by atoms with E-state index >= 15 is 0 Å². The molecule has 7 heteroatoms. The van der Waals surface area contributed by atoms with Crippen LogP contribution in [0.1, 0.15) is 36.5 Å². The van der Waals surface area contributed by atoms with Gasteiger partial charge in [-0.2, -0.15) is 0 Å². The van der Waals surface area contributed by atoms with Crippen LogP contribution in [0.5, 0.6) is 0 Å². The van der Waals surface area contributed by atoms with Crippen LogP contribution >= 0.6 is 11.6 Å². The molecule has 3 rings (SSSR count). The molecule has 3 aromatic carbocycles. The van der Waals surface area contributed by atoms with Crippen molar-refractivity contribution in [1.82, 2.24) is 0 Å². The summed E-state index contributed by atoms with van der Waals surface area (Å²) in [6.45, 7) is 5.48. The number of anilines is 2. The Morgan fingerprint density at radius 2 is 1.64 bits per heavy atom. The Labute approximate surface area is 201 Å². The largest absolute Gasteiger partial charge is 0.325 e. The van der Waals surface area contributed by atoms with Gasteiger partial charge in [-0.25, -0.2) is 8.42 Å². The predicted molar refractivity (Wildman–Crippen MR) is 136 cm³/mol. The van der Waals surface area contributed by atoms with Gasteiger partial charge in [0.15, 0.2) is 0 Å². The molecule has 1 N–H and O–H groups in total. The highest BCUT2D eigenvalue weighted by molar-refractivity contribution is 7.92. The van der Waals surface area contributed by atoms with Crippen molar-refractivity contribution in [2.45, 2.75) is 44.9 Å². The second-order valence-electron chi connectivity index (χ2n) is 8.11. The highest BCUT2D eigenvalue weighted by atomic mass is 35.5. The van der Waals surface area contributed by atoms with Crippen LogP contribution in [0.4, 0.5) is 11.4 Å². The van der Waals surface area contributed by atoms with Crippen LogP contribution < -0.4 is 9.62 Å². The average molecular weight is 485 g/mol. The molecule has 0 aliphatic heterocycles. The van der Waals surface area contributed by atoms with Crippen molar-refractivity contribution in [3.63, 3.8) is 0 Å². The molecule has 0 radical (unpaired) electrons. The molecule has 0 saturated heterocycles. The van der Waals surface area contributed by atoms with Gasteiger partial charge in [0.05, 0.1) is 10.6 Å². The second kappa shape index (κ2) is 10.9. The Balaban J connectivity index is 1.87. The summed E-state index contributed by atoms with van der Waals surface area (Å²) in [6, 6.07) is 19.1. The number of sulfonamides is 1. The summed E-state index contributed by atoms with van der Waals surface area (Å²) in [5.41, 5.74) is 3.92. The SMILES string of the molecule is CCCCc1ccc(NC(=O)CN(c2ccc(C)c(Cl)c2)S(=O)(=O)c2ccc(C)cc2)cc1. The van der Waals surface area contributed by atoms with Gasteiger partial charge in [-0.3, -0.25) is 9.10 Å². The highest BCUT2D eigenvalue weighted by Gasteiger charge is 2.27. The molecule has 0 saturated carbocycles. The van der Waals surface area contributed by atoms with E-state index in [0.717, 1.165) is 34.7 Å². The summed E-state index contributed by atoms with van der Waals surface area (Å²) in [4.78, 5) is 13.0. The number of nitrogens with one attached hydrogen (secondary N) is 1. The number of hydrogen-bond acceptors (Lipinski definition) is 3. The third kappa shape index (κ3) is 6.36. The number of hydrogen-bond donors (Lipinski definition) is 1. The summed E-state index contributed by atoms with van der Waals surface area (Å²) in [7, 11) is -3.99. The van der Waals surface area contributed by atoms with Crippen molar-refractivity contribution in [2.24, 2.45) is 0 Å². The van der Waals surface area contributed by atoms with Gasteiger partial charge in [-0.1, -0.05) is 60.8 Å². The van der Waals surface area contributed by atoms with Crippen molar-refractivity contribution in [3.05, 3.63) is 88.4 Å². The molecule has 0 atom stereocenters. The van der Waals surface area contributed by atoms with Crippen LogP contribution in [0, 0.1) is 13.8 Å². The van der Waals surface area contributed by atoms with E-state index in [1.54, 1.807) is 42.5 Å². The number of benzene rings is 3. The van der Waals surface area contributed by atoms with E-state index in [9.17, 15) is 13.2 Å². The lowest BCUT2D eigenvalue weighted by Crippen LogP contribution is -2.38. The van der Waals surface area contributed by atoms with Gasteiger partial charge in [-0.15, -0.1) is 0 Å². The lowest BCUT2D eigenvalue weighted by Gasteiger charge is -2.24. The third-order valence-corrected chi connectivity index (χ3v) is 7.59. The standard InChI is InChI=1S/C26H29ClN2O3S/c1-4-5-6-21-10-12-22(13-11-21)28-26(30)18-29(23-14-9-20(3)25(27)17-23)33(31,32)24-15-7-19(2)8-16-24/h7-17H,4-6,18H2,1-3H3,(H,28,30). The normalized spacial score (nSPS) is 11.3. The molecule has 0 fully saturated rings.